The third kappa shape index (κ3) is 6.20. The van der Waals surface area contributed by atoms with Gasteiger partial charge in [0.1, 0.15) is 5.75 Å². The van der Waals surface area contributed by atoms with Crippen LogP contribution >= 0.6 is 0 Å². The molecule has 0 amide bonds. The molecule has 0 saturated carbocycles. The van der Waals surface area contributed by atoms with Gasteiger partial charge in [-0.15, -0.1) is 0 Å². The second-order valence-corrected chi connectivity index (χ2v) is 16.5. The molecule has 5 rings (SSSR count). The third-order valence-corrected chi connectivity index (χ3v) is 13.7. The molecule has 2 aliphatic carbocycles. The lowest BCUT2D eigenvalue weighted by Gasteiger charge is -2.47. The molecule has 0 fully saturated rings. The third-order valence-electron chi connectivity index (χ3n) is 8.67. The summed E-state index contributed by atoms with van der Waals surface area (Å²) in [7, 11) is -0.931. The van der Waals surface area contributed by atoms with Crippen LogP contribution in [0.15, 0.2) is 109 Å². The molecular weight excluding hydrogens is 508 g/mol. The molecule has 40 heavy (non-hydrogen) atoms. The molecule has 0 heterocycles. The largest absolute Gasteiger partial charge is 0.497 e. The minimum absolute atomic E-state index is 0.0359. The summed E-state index contributed by atoms with van der Waals surface area (Å²) in [6, 6.07) is 30.3. The molecule has 0 saturated heterocycles. The van der Waals surface area contributed by atoms with Crippen molar-refractivity contribution < 1.29 is 13.9 Å². The summed E-state index contributed by atoms with van der Waals surface area (Å²) in [5.41, 5.74) is 1.17. The van der Waals surface area contributed by atoms with Gasteiger partial charge in [0.15, 0.2) is 0 Å². The van der Waals surface area contributed by atoms with Crippen molar-refractivity contribution in [3.63, 3.8) is 0 Å². The van der Waals surface area contributed by atoms with Gasteiger partial charge < -0.3 is 13.9 Å². The van der Waals surface area contributed by atoms with E-state index in [0.717, 1.165) is 31.4 Å². The molecule has 0 radical (unpaired) electrons. The fourth-order valence-corrected chi connectivity index (χ4v) is 11.3. The van der Waals surface area contributed by atoms with Crippen LogP contribution in [0.3, 0.4) is 0 Å². The molecule has 0 N–H and O–H groups in total. The lowest BCUT2D eigenvalue weighted by molar-refractivity contribution is 0.00110. The second-order valence-electron chi connectivity index (χ2n) is 12.3. The monoisotopic (exact) mass is 552 g/mol. The first-order valence-electron chi connectivity index (χ1n) is 14.8. The lowest BCUT2D eigenvalue weighted by atomic mass is 9.80. The van der Waals surface area contributed by atoms with Crippen LogP contribution in [0.4, 0.5) is 0 Å². The Hall–Kier alpha value is -2.92. The van der Waals surface area contributed by atoms with E-state index in [9.17, 15) is 0 Å². The van der Waals surface area contributed by atoms with Crippen LogP contribution < -0.4 is 15.1 Å². The van der Waals surface area contributed by atoms with Crippen LogP contribution in [0.5, 0.6) is 5.75 Å². The quantitative estimate of drug-likeness (QED) is 0.214. The lowest BCUT2D eigenvalue weighted by Crippen LogP contribution is -2.68. The number of fused-ring (bicyclic) bond motifs is 2. The topological polar surface area (TPSA) is 27.7 Å². The Morgan fingerprint density at radius 2 is 1.32 bits per heavy atom. The van der Waals surface area contributed by atoms with E-state index < -0.39 is 8.32 Å². The van der Waals surface area contributed by atoms with Crippen LogP contribution in [-0.4, -0.2) is 27.6 Å². The van der Waals surface area contributed by atoms with E-state index in [1.54, 1.807) is 7.11 Å². The van der Waals surface area contributed by atoms with Crippen molar-refractivity contribution in [2.24, 2.45) is 11.8 Å². The maximum Gasteiger partial charge on any atom is 0.261 e. The predicted octanol–water partition coefficient (Wildman–Crippen LogP) is 7.46. The van der Waals surface area contributed by atoms with Crippen molar-refractivity contribution in [2.75, 3.05) is 7.11 Å². The van der Waals surface area contributed by atoms with Gasteiger partial charge in [0.2, 0.25) is 0 Å². The number of allylic oxidation sites excluding steroid dienone is 1. The molecule has 3 aromatic rings. The van der Waals surface area contributed by atoms with E-state index in [0.29, 0.717) is 18.4 Å². The first-order chi connectivity index (χ1) is 19.4. The fourth-order valence-electron chi connectivity index (χ4n) is 6.54. The van der Waals surface area contributed by atoms with E-state index in [1.807, 2.05) is 12.1 Å². The van der Waals surface area contributed by atoms with Crippen molar-refractivity contribution in [3.05, 3.63) is 115 Å². The summed E-state index contributed by atoms with van der Waals surface area (Å²) in [6.07, 6.45) is 13.8. The van der Waals surface area contributed by atoms with E-state index in [4.69, 9.17) is 13.9 Å². The molecule has 0 aliphatic heterocycles. The Kier molecular flexibility index (Phi) is 9.09. The van der Waals surface area contributed by atoms with Gasteiger partial charge in [0, 0.05) is 5.92 Å². The maximum atomic E-state index is 7.68. The Bertz CT molecular complexity index is 1220. The normalized spacial score (nSPS) is 24.0. The van der Waals surface area contributed by atoms with E-state index in [1.165, 1.54) is 15.9 Å². The Morgan fingerprint density at radius 1 is 0.725 bits per heavy atom. The molecular formula is C36H44O3Si. The van der Waals surface area contributed by atoms with Crippen molar-refractivity contribution >= 4 is 18.7 Å². The van der Waals surface area contributed by atoms with Gasteiger partial charge in [-0.25, -0.2) is 0 Å². The van der Waals surface area contributed by atoms with Gasteiger partial charge >= 0.3 is 0 Å². The number of benzene rings is 3. The molecule has 2 bridgehead atoms. The highest BCUT2D eigenvalue weighted by molar-refractivity contribution is 6.99. The van der Waals surface area contributed by atoms with Crippen LogP contribution in [-0.2, 0) is 15.8 Å². The molecule has 4 heteroatoms. The number of ether oxygens (including phenoxy) is 2. The predicted molar refractivity (Wildman–Crippen MR) is 168 cm³/mol. The average molecular weight is 553 g/mol. The molecule has 3 nitrogen and oxygen atoms in total. The first kappa shape index (κ1) is 28.6. The van der Waals surface area contributed by atoms with Gasteiger partial charge in [-0.3, -0.25) is 0 Å². The molecule has 0 unspecified atom stereocenters. The van der Waals surface area contributed by atoms with Crippen LogP contribution in [0.1, 0.15) is 52.0 Å². The highest BCUT2D eigenvalue weighted by Gasteiger charge is 2.52. The zero-order valence-electron chi connectivity index (χ0n) is 24.5. The minimum Gasteiger partial charge on any atom is -0.497 e. The Labute approximate surface area is 242 Å². The van der Waals surface area contributed by atoms with Crippen molar-refractivity contribution in [3.8, 4) is 5.75 Å². The van der Waals surface area contributed by atoms with Gasteiger partial charge in [-0.05, 0) is 64.7 Å². The Balaban J connectivity index is 1.41. The standard InChI is InChI=1S/C36H44O3Si/c1-36(2,3)40(32-16-7-5-8-17-32,33-18-9-6-10-19-33)39-35-21-12-11-20-34(29-14-13-15-30(35)26-29)38-27-28-22-24-31(37-4)25-23-28/h5-14,16-19,22-25,29-30,34-35H,15,20-21,26-27H2,1-4H3/b12-11-/t29-,30+,34-,35-/m0/s1. The number of rotatable bonds is 8. The fraction of sp³-hybridized carbons (Fsp3) is 0.389. The smallest absolute Gasteiger partial charge is 0.261 e. The highest BCUT2D eigenvalue weighted by atomic mass is 28.4. The van der Waals surface area contributed by atoms with Crippen LogP contribution in [0.2, 0.25) is 5.04 Å². The number of hydrogen-bond acceptors (Lipinski definition) is 3. The van der Waals surface area contributed by atoms with E-state index in [2.05, 4.69) is 118 Å². The first-order valence-corrected chi connectivity index (χ1v) is 16.7. The summed E-state index contributed by atoms with van der Waals surface area (Å²) in [5.74, 6) is 1.70. The molecule has 0 spiro atoms. The maximum absolute atomic E-state index is 7.68. The van der Waals surface area contributed by atoms with Gasteiger partial charge in [0.05, 0.1) is 25.9 Å². The number of methoxy groups -OCH3 is 1. The van der Waals surface area contributed by atoms with Crippen molar-refractivity contribution in [2.45, 2.75) is 70.3 Å². The molecule has 0 aromatic heterocycles. The van der Waals surface area contributed by atoms with E-state index >= 15 is 0 Å². The number of hydrogen-bond donors (Lipinski definition) is 0. The summed E-state index contributed by atoms with van der Waals surface area (Å²) < 4.78 is 19.6. The zero-order valence-corrected chi connectivity index (χ0v) is 25.5. The summed E-state index contributed by atoms with van der Waals surface area (Å²) in [6.45, 7) is 7.73. The van der Waals surface area contributed by atoms with E-state index in [-0.39, 0.29) is 17.2 Å². The summed E-state index contributed by atoms with van der Waals surface area (Å²) >= 11 is 0. The molecule has 4 atom stereocenters. The van der Waals surface area contributed by atoms with Gasteiger partial charge in [0.25, 0.3) is 8.32 Å². The van der Waals surface area contributed by atoms with Crippen LogP contribution in [0, 0.1) is 11.8 Å². The average Bonchev–Trinajstić information content (AvgIpc) is 3.03. The molecule has 3 aromatic carbocycles. The second kappa shape index (κ2) is 12.7. The van der Waals surface area contributed by atoms with Gasteiger partial charge in [-0.2, -0.15) is 0 Å². The highest BCUT2D eigenvalue weighted by Crippen LogP contribution is 2.41. The zero-order chi connectivity index (χ0) is 28.0. The minimum atomic E-state index is -2.63. The van der Waals surface area contributed by atoms with Crippen molar-refractivity contribution in [1.29, 1.82) is 0 Å². The Morgan fingerprint density at radius 3 is 1.90 bits per heavy atom. The molecule has 2 aliphatic rings. The molecule has 210 valence electrons. The summed E-state index contributed by atoms with van der Waals surface area (Å²) in [4.78, 5) is 0. The van der Waals surface area contributed by atoms with Crippen molar-refractivity contribution in [1.82, 2.24) is 0 Å². The summed E-state index contributed by atoms with van der Waals surface area (Å²) in [5, 5.41) is 2.66. The van der Waals surface area contributed by atoms with Gasteiger partial charge in [-0.1, -0.05) is 118 Å². The SMILES string of the molecule is COc1ccc(CO[C@H]2C/C=C\C[C@H](O[Si](c3ccccc3)(c3ccccc3)C(C)(C)C)[C@@H]3CC=C[C@H]2C3)cc1. The van der Waals surface area contributed by atoms with Crippen LogP contribution in [0.25, 0.3) is 0 Å².